The van der Waals surface area contributed by atoms with Gasteiger partial charge in [-0.15, -0.1) is 0 Å². The van der Waals surface area contributed by atoms with E-state index in [2.05, 4.69) is 20.1 Å². The van der Waals surface area contributed by atoms with E-state index < -0.39 is 0 Å². The molecule has 6 heteroatoms. The zero-order chi connectivity index (χ0) is 16.1. The lowest BCUT2D eigenvalue weighted by molar-refractivity contribution is 0.408. The molecular weight excluding hydrogens is 290 g/mol. The van der Waals surface area contributed by atoms with Gasteiger partial charge in [-0.05, 0) is 6.92 Å². The van der Waals surface area contributed by atoms with Crippen LogP contribution in [-0.4, -0.2) is 21.0 Å². The van der Waals surface area contributed by atoms with E-state index in [1.54, 1.807) is 24.7 Å². The Balaban J connectivity index is 2.04. The Labute approximate surface area is 133 Å². The van der Waals surface area contributed by atoms with Crippen molar-refractivity contribution >= 4 is 17.6 Å². The summed E-state index contributed by atoms with van der Waals surface area (Å²) in [5, 5.41) is 3.88. The minimum Gasteiger partial charge on any atom is -0.382 e. The molecule has 0 aliphatic carbocycles. The van der Waals surface area contributed by atoms with E-state index in [1.807, 2.05) is 43.3 Å². The summed E-state index contributed by atoms with van der Waals surface area (Å²) in [4.78, 5) is 12.6. The van der Waals surface area contributed by atoms with Gasteiger partial charge in [-0.2, -0.15) is 0 Å². The van der Waals surface area contributed by atoms with Crippen LogP contribution in [-0.2, 0) is 0 Å². The molecule has 0 aliphatic rings. The molecular formula is C17H15N5O. The Bertz CT molecular complexity index is 838. The van der Waals surface area contributed by atoms with Gasteiger partial charge in [-0.25, -0.2) is 9.98 Å². The van der Waals surface area contributed by atoms with Gasteiger partial charge in [0.25, 0.3) is 0 Å². The highest BCUT2D eigenvalue weighted by atomic mass is 16.5. The molecule has 0 saturated heterocycles. The number of aryl methyl sites for hydroxylation is 1. The van der Waals surface area contributed by atoms with Crippen molar-refractivity contribution in [1.82, 2.24) is 15.1 Å². The zero-order valence-electron chi connectivity index (χ0n) is 12.5. The standard InChI is InChI=1S/C17H15N5O/c1-12-9-14(23-22-12)10-15(13-5-3-2-4-6-13)21-17(18)16-11-19-7-8-20-16/h2-11H,1H3,(H2,18,21)/b15-10-. The Morgan fingerprint density at radius 1 is 1.22 bits per heavy atom. The van der Waals surface area contributed by atoms with Crippen molar-refractivity contribution in [2.24, 2.45) is 10.7 Å². The summed E-state index contributed by atoms with van der Waals surface area (Å²) >= 11 is 0. The van der Waals surface area contributed by atoms with Crippen molar-refractivity contribution in [3.8, 4) is 0 Å². The molecule has 0 aliphatic heterocycles. The molecule has 2 N–H and O–H groups in total. The average molecular weight is 305 g/mol. The number of aromatic nitrogens is 3. The maximum atomic E-state index is 6.05. The van der Waals surface area contributed by atoms with Crippen LogP contribution in [0.25, 0.3) is 11.8 Å². The summed E-state index contributed by atoms with van der Waals surface area (Å²) < 4.78 is 5.24. The number of benzene rings is 1. The summed E-state index contributed by atoms with van der Waals surface area (Å²) in [5.41, 5.74) is 8.94. The van der Waals surface area contributed by atoms with Crippen LogP contribution < -0.4 is 5.73 Å². The molecule has 0 radical (unpaired) electrons. The van der Waals surface area contributed by atoms with Gasteiger partial charge in [0.1, 0.15) is 5.69 Å². The van der Waals surface area contributed by atoms with Crippen LogP contribution in [0.15, 0.2) is 64.5 Å². The third kappa shape index (κ3) is 3.68. The second-order valence-electron chi connectivity index (χ2n) is 4.85. The number of nitrogens with two attached hydrogens (primary N) is 1. The topological polar surface area (TPSA) is 90.2 Å². The predicted octanol–water partition coefficient (Wildman–Crippen LogP) is 2.68. The molecule has 0 bridgehead atoms. The largest absolute Gasteiger partial charge is 0.382 e. The molecule has 3 rings (SSSR count). The van der Waals surface area contributed by atoms with E-state index in [-0.39, 0.29) is 5.84 Å². The highest BCUT2D eigenvalue weighted by Crippen LogP contribution is 2.20. The first-order chi connectivity index (χ1) is 11.2. The maximum Gasteiger partial charge on any atom is 0.162 e. The highest BCUT2D eigenvalue weighted by Gasteiger charge is 2.06. The molecule has 0 atom stereocenters. The molecule has 0 amide bonds. The second-order valence-corrected chi connectivity index (χ2v) is 4.85. The van der Waals surface area contributed by atoms with E-state index in [0.29, 0.717) is 17.2 Å². The SMILES string of the molecule is Cc1cc(/C=C(\N=C(N)c2cnccn2)c2ccccc2)on1. The van der Waals surface area contributed by atoms with Crippen LogP contribution in [0.3, 0.4) is 0 Å². The van der Waals surface area contributed by atoms with Crippen molar-refractivity contribution in [3.05, 3.63) is 77.7 Å². The predicted molar refractivity (Wildman–Crippen MR) is 88.3 cm³/mol. The maximum absolute atomic E-state index is 6.05. The fraction of sp³-hybridized carbons (Fsp3) is 0.0588. The second kappa shape index (κ2) is 6.65. The number of aliphatic imine (C=N–C) groups is 1. The van der Waals surface area contributed by atoms with Gasteiger partial charge in [0, 0.05) is 30.1 Å². The van der Waals surface area contributed by atoms with E-state index in [4.69, 9.17) is 10.3 Å². The molecule has 0 fully saturated rings. The van der Waals surface area contributed by atoms with Gasteiger partial charge in [0.2, 0.25) is 0 Å². The molecule has 2 aromatic heterocycles. The summed E-state index contributed by atoms with van der Waals surface area (Å²) in [6.45, 7) is 1.86. The first-order valence-corrected chi connectivity index (χ1v) is 7.03. The lowest BCUT2D eigenvalue weighted by atomic mass is 10.1. The third-order valence-corrected chi connectivity index (χ3v) is 3.06. The minimum absolute atomic E-state index is 0.282. The Morgan fingerprint density at radius 3 is 2.70 bits per heavy atom. The Morgan fingerprint density at radius 2 is 2.04 bits per heavy atom. The van der Waals surface area contributed by atoms with E-state index in [1.165, 1.54) is 0 Å². The number of amidine groups is 1. The van der Waals surface area contributed by atoms with Gasteiger partial charge in [0.05, 0.1) is 17.6 Å². The third-order valence-electron chi connectivity index (χ3n) is 3.06. The van der Waals surface area contributed by atoms with Crippen molar-refractivity contribution in [1.29, 1.82) is 0 Å². The van der Waals surface area contributed by atoms with Crippen LogP contribution in [0.2, 0.25) is 0 Å². The summed E-state index contributed by atoms with van der Waals surface area (Å²) in [7, 11) is 0. The van der Waals surface area contributed by atoms with Crippen LogP contribution in [0.5, 0.6) is 0 Å². The zero-order valence-corrected chi connectivity index (χ0v) is 12.5. The smallest absolute Gasteiger partial charge is 0.162 e. The molecule has 114 valence electrons. The first kappa shape index (κ1) is 14.6. The van der Waals surface area contributed by atoms with Crippen LogP contribution in [0, 0.1) is 6.92 Å². The monoisotopic (exact) mass is 305 g/mol. The number of hydrogen-bond donors (Lipinski definition) is 1. The Kier molecular flexibility index (Phi) is 4.24. The van der Waals surface area contributed by atoms with Crippen molar-refractivity contribution in [2.45, 2.75) is 6.92 Å². The van der Waals surface area contributed by atoms with E-state index in [9.17, 15) is 0 Å². The lowest BCUT2D eigenvalue weighted by Gasteiger charge is -2.04. The average Bonchev–Trinajstić information content (AvgIpc) is 3.01. The van der Waals surface area contributed by atoms with Gasteiger partial charge in [-0.3, -0.25) is 4.98 Å². The van der Waals surface area contributed by atoms with Gasteiger partial charge >= 0.3 is 0 Å². The normalized spacial score (nSPS) is 12.4. The van der Waals surface area contributed by atoms with Crippen LogP contribution in [0.4, 0.5) is 0 Å². The number of rotatable bonds is 4. The van der Waals surface area contributed by atoms with E-state index in [0.717, 1.165) is 11.3 Å². The molecule has 0 saturated carbocycles. The lowest BCUT2D eigenvalue weighted by Crippen LogP contribution is -2.15. The molecule has 0 unspecified atom stereocenters. The van der Waals surface area contributed by atoms with Gasteiger partial charge in [-0.1, -0.05) is 35.5 Å². The van der Waals surface area contributed by atoms with Crippen molar-refractivity contribution in [2.75, 3.05) is 0 Å². The summed E-state index contributed by atoms with van der Waals surface area (Å²) in [5.74, 6) is 0.890. The van der Waals surface area contributed by atoms with Crippen LogP contribution in [0.1, 0.15) is 22.7 Å². The van der Waals surface area contributed by atoms with Gasteiger partial charge in [0.15, 0.2) is 11.6 Å². The fourth-order valence-electron chi connectivity index (χ4n) is 1.99. The van der Waals surface area contributed by atoms with Crippen molar-refractivity contribution < 1.29 is 4.52 Å². The van der Waals surface area contributed by atoms with Crippen LogP contribution >= 0.6 is 0 Å². The molecule has 0 spiro atoms. The highest BCUT2D eigenvalue weighted by molar-refractivity contribution is 6.00. The molecule has 1 aromatic carbocycles. The van der Waals surface area contributed by atoms with Gasteiger partial charge < -0.3 is 10.3 Å². The van der Waals surface area contributed by atoms with E-state index >= 15 is 0 Å². The minimum atomic E-state index is 0.282. The Hall–Kier alpha value is -3.28. The molecule has 23 heavy (non-hydrogen) atoms. The quantitative estimate of drug-likeness (QED) is 0.591. The summed E-state index contributed by atoms with van der Waals surface area (Å²) in [6.07, 6.45) is 6.52. The molecule has 3 aromatic rings. The summed E-state index contributed by atoms with van der Waals surface area (Å²) in [6, 6.07) is 11.5. The fourth-order valence-corrected chi connectivity index (χ4v) is 1.99. The number of hydrogen-bond acceptors (Lipinski definition) is 5. The molecule has 2 heterocycles. The van der Waals surface area contributed by atoms with Crippen molar-refractivity contribution in [3.63, 3.8) is 0 Å². The molecule has 6 nitrogen and oxygen atoms in total. The number of nitrogens with zero attached hydrogens (tertiary/aromatic N) is 4. The first-order valence-electron chi connectivity index (χ1n) is 7.03.